The maximum absolute atomic E-state index is 8.81. The smallest absolute Gasteiger partial charge is 0.104 e. The first kappa shape index (κ1) is 11.2. The first-order valence-electron chi connectivity index (χ1n) is 4.06. The molecule has 3 nitrogen and oxygen atoms in total. The van der Waals surface area contributed by atoms with Gasteiger partial charge >= 0.3 is 0 Å². The predicted molar refractivity (Wildman–Crippen MR) is 48.5 cm³/mol. The Morgan fingerprint density at radius 1 is 1.75 bits per heavy atom. The second kappa shape index (κ2) is 5.76. The zero-order chi connectivity index (χ0) is 9.45. The number of hydrogen-bond acceptors (Lipinski definition) is 3. The number of allylic oxidation sites excluding steroid dienone is 1. The fourth-order valence-electron chi connectivity index (χ4n) is 0.906. The standard InChI is InChI=1S/C9H16N2O/c1-3-4-5-9(2,8-10)11-6-7-12/h3,11-12H,1,4-7H2,2H3. The summed E-state index contributed by atoms with van der Waals surface area (Å²) in [7, 11) is 0. The molecule has 0 spiro atoms. The molecule has 1 atom stereocenters. The Labute approximate surface area is 73.7 Å². The molecule has 2 N–H and O–H groups in total. The molecule has 3 heteroatoms. The van der Waals surface area contributed by atoms with Crippen molar-refractivity contribution in [3.8, 4) is 6.07 Å². The highest BCUT2D eigenvalue weighted by Gasteiger charge is 2.20. The molecule has 68 valence electrons. The molecule has 0 radical (unpaired) electrons. The van der Waals surface area contributed by atoms with E-state index in [0.717, 1.165) is 12.8 Å². The van der Waals surface area contributed by atoms with Gasteiger partial charge in [0.05, 0.1) is 12.7 Å². The molecule has 12 heavy (non-hydrogen) atoms. The first-order chi connectivity index (χ1) is 5.68. The lowest BCUT2D eigenvalue weighted by atomic mass is 9.98. The van der Waals surface area contributed by atoms with Gasteiger partial charge in [-0.3, -0.25) is 5.32 Å². The highest BCUT2D eigenvalue weighted by Crippen LogP contribution is 2.10. The van der Waals surface area contributed by atoms with Crippen LogP contribution in [0.2, 0.25) is 0 Å². The Bertz CT molecular complexity index is 174. The van der Waals surface area contributed by atoms with E-state index in [9.17, 15) is 0 Å². The number of β-amino-alcohol motifs (C(OH)–C–C–N with tert-alkyl or cyclic N) is 1. The third kappa shape index (κ3) is 4.12. The average Bonchev–Trinajstić information content (AvgIpc) is 2.11. The zero-order valence-electron chi connectivity index (χ0n) is 7.51. The zero-order valence-corrected chi connectivity index (χ0v) is 7.51. The van der Waals surface area contributed by atoms with Crippen LogP contribution in [0.4, 0.5) is 0 Å². The molecular weight excluding hydrogens is 152 g/mol. The first-order valence-corrected chi connectivity index (χ1v) is 4.06. The molecule has 0 fully saturated rings. The van der Waals surface area contributed by atoms with Crippen molar-refractivity contribution in [1.29, 1.82) is 5.26 Å². The molecule has 1 unspecified atom stereocenters. The van der Waals surface area contributed by atoms with Gasteiger partial charge in [-0.15, -0.1) is 6.58 Å². The number of nitrogens with zero attached hydrogens (tertiary/aromatic N) is 1. The van der Waals surface area contributed by atoms with E-state index < -0.39 is 5.54 Å². The summed E-state index contributed by atoms with van der Waals surface area (Å²) < 4.78 is 0. The van der Waals surface area contributed by atoms with Crippen LogP contribution < -0.4 is 5.32 Å². The molecule has 0 heterocycles. The summed E-state index contributed by atoms with van der Waals surface area (Å²) in [6.45, 7) is 5.94. The van der Waals surface area contributed by atoms with Gasteiger partial charge in [0.25, 0.3) is 0 Å². The van der Waals surface area contributed by atoms with Gasteiger partial charge in [-0.1, -0.05) is 6.08 Å². The van der Waals surface area contributed by atoms with Crippen LogP contribution >= 0.6 is 0 Å². The van der Waals surface area contributed by atoms with Gasteiger partial charge in [0.15, 0.2) is 0 Å². The molecule has 0 aromatic carbocycles. The van der Waals surface area contributed by atoms with E-state index >= 15 is 0 Å². The lowest BCUT2D eigenvalue weighted by Crippen LogP contribution is -2.42. The van der Waals surface area contributed by atoms with Gasteiger partial charge in [-0.2, -0.15) is 5.26 Å². The molecular formula is C9H16N2O. The van der Waals surface area contributed by atoms with Crippen LogP contribution in [-0.4, -0.2) is 23.8 Å². The number of nitriles is 1. The molecule has 0 aliphatic carbocycles. The summed E-state index contributed by atoms with van der Waals surface area (Å²) in [6.07, 6.45) is 3.33. The quantitative estimate of drug-likeness (QED) is 0.577. The summed E-state index contributed by atoms with van der Waals surface area (Å²) in [5.41, 5.74) is -0.531. The minimum atomic E-state index is -0.531. The Hall–Kier alpha value is -0.850. The Balaban J connectivity index is 3.88. The minimum absolute atomic E-state index is 0.0609. The number of rotatable bonds is 6. The highest BCUT2D eigenvalue weighted by atomic mass is 16.3. The van der Waals surface area contributed by atoms with Crippen molar-refractivity contribution in [1.82, 2.24) is 5.32 Å². The largest absolute Gasteiger partial charge is 0.395 e. The molecule has 0 aliphatic heterocycles. The molecule has 0 saturated heterocycles. The SMILES string of the molecule is C=CCCC(C)(C#N)NCCO. The number of aliphatic hydroxyl groups is 1. The highest BCUT2D eigenvalue weighted by molar-refractivity contribution is 5.04. The van der Waals surface area contributed by atoms with E-state index in [-0.39, 0.29) is 6.61 Å². The van der Waals surface area contributed by atoms with Crippen molar-refractivity contribution in [3.05, 3.63) is 12.7 Å². The monoisotopic (exact) mass is 168 g/mol. The van der Waals surface area contributed by atoms with E-state index in [4.69, 9.17) is 10.4 Å². The summed E-state index contributed by atoms with van der Waals surface area (Å²) >= 11 is 0. The number of hydrogen-bond donors (Lipinski definition) is 2. The van der Waals surface area contributed by atoms with Gasteiger partial charge < -0.3 is 5.11 Å². The number of nitrogens with one attached hydrogen (secondary N) is 1. The summed E-state index contributed by atoms with van der Waals surface area (Å²) in [5, 5.41) is 20.3. The molecule has 0 amide bonds. The van der Waals surface area contributed by atoms with Crippen molar-refractivity contribution in [2.24, 2.45) is 0 Å². The van der Waals surface area contributed by atoms with Crippen LogP contribution in [0.1, 0.15) is 19.8 Å². The summed E-state index contributed by atoms with van der Waals surface area (Å²) in [5.74, 6) is 0. The number of aliphatic hydroxyl groups excluding tert-OH is 1. The lowest BCUT2D eigenvalue weighted by molar-refractivity contribution is 0.273. The van der Waals surface area contributed by atoms with E-state index in [1.165, 1.54) is 0 Å². The van der Waals surface area contributed by atoms with Gasteiger partial charge in [-0.05, 0) is 19.8 Å². The summed E-state index contributed by atoms with van der Waals surface area (Å²) in [6, 6.07) is 2.18. The molecule has 0 aliphatic rings. The predicted octanol–water partition coefficient (Wildman–Crippen LogP) is 0.817. The second-order valence-electron chi connectivity index (χ2n) is 2.92. The lowest BCUT2D eigenvalue weighted by Gasteiger charge is -2.21. The van der Waals surface area contributed by atoms with Crippen LogP contribution in [-0.2, 0) is 0 Å². The Kier molecular flexibility index (Phi) is 5.35. The fraction of sp³-hybridized carbons (Fsp3) is 0.667. The van der Waals surface area contributed by atoms with Crippen LogP contribution in [0, 0.1) is 11.3 Å². The van der Waals surface area contributed by atoms with Crippen molar-refractivity contribution in [2.45, 2.75) is 25.3 Å². The summed E-state index contributed by atoms with van der Waals surface area (Å²) in [4.78, 5) is 0. The van der Waals surface area contributed by atoms with E-state index in [1.54, 1.807) is 6.08 Å². The van der Waals surface area contributed by atoms with E-state index in [1.807, 2.05) is 6.92 Å². The topological polar surface area (TPSA) is 56.0 Å². The van der Waals surface area contributed by atoms with Crippen molar-refractivity contribution < 1.29 is 5.11 Å². The van der Waals surface area contributed by atoms with Crippen LogP contribution in [0.3, 0.4) is 0 Å². The second-order valence-corrected chi connectivity index (χ2v) is 2.92. The minimum Gasteiger partial charge on any atom is -0.395 e. The van der Waals surface area contributed by atoms with Crippen molar-refractivity contribution in [3.63, 3.8) is 0 Å². The van der Waals surface area contributed by atoms with E-state index in [2.05, 4.69) is 18.0 Å². The fourth-order valence-corrected chi connectivity index (χ4v) is 0.906. The normalized spacial score (nSPS) is 14.8. The van der Waals surface area contributed by atoms with Crippen LogP contribution in [0.15, 0.2) is 12.7 Å². The molecule has 0 bridgehead atoms. The molecule has 0 aromatic heterocycles. The molecule has 0 rings (SSSR count). The maximum Gasteiger partial charge on any atom is 0.104 e. The van der Waals surface area contributed by atoms with Crippen LogP contribution in [0.5, 0.6) is 0 Å². The van der Waals surface area contributed by atoms with Gasteiger partial charge in [0.2, 0.25) is 0 Å². The van der Waals surface area contributed by atoms with E-state index in [0.29, 0.717) is 6.54 Å². The van der Waals surface area contributed by atoms with Crippen molar-refractivity contribution >= 4 is 0 Å². The van der Waals surface area contributed by atoms with Crippen molar-refractivity contribution in [2.75, 3.05) is 13.2 Å². The average molecular weight is 168 g/mol. The van der Waals surface area contributed by atoms with Crippen LogP contribution in [0.25, 0.3) is 0 Å². The Morgan fingerprint density at radius 3 is 2.83 bits per heavy atom. The third-order valence-electron chi connectivity index (χ3n) is 1.72. The van der Waals surface area contributed by atoms with Gasteiger partial charge in [-0.25, -0.2) is 0 Å². The van der Waals surface area contributed by atoms with Gasteiger partial charge in [0, 0.05) is 6.54 Å². The molecule has 0 saturated carbocycles. The third-order valence-corrected chi connectivity index (χ3v) is 1.72. The molecule has 0 aromatic rings. The maximum atomic E-state index is 8.81. The Morgan fingerprint density at radius 2 is 2.42 bits per heavy atom. The van der Waals surface area contributed by atoms with Gasteiger partial charge in [0.1, 0.15) is 5.54 Å².